The highest BCUT2D eigenvalue weighted by Gasteiger charge is 2.45. The molecule has 11 heteroatoms. The number of benzene rings is 3. The van der Waals surface area contributed by atoms with Crippen molar-refractivity contribution in [3.05, 3.63) is 124 Å². The number of para-hydroxylation sites is 2. The number of rotatable bonds is 6. The second-order valence-corrected chi connectivity index (χ2v) is 14.2. The number of nitrogens with zero attached hydrogens (tertiary/aromatic N) is 4. The van der Waals surface area contributed by atoms with Gasteiger partial charge in [0.1, 0.15) is 11.9 Å². The lowest BCUT2D eigenvalue weighted by molar-refractivity contribution is -0.000510. The summed E-state index contributed by atoms with van der Waals surface area (Å²) in [7, 11) is 0. The smallest absolute Gasteiger partial charge is 0.265 e. The van der Waals surface area contributed by atoms with Gasteiger partial charge in [-0.1, -0.05) is 30.3 Å². The van der Waals surface area contributed by atoms with Gasteiger partial charge in [0.25, 0.3) is 17.7 Å². The van der Waals surface area contributed by atoms with Crippen molar-refractivity contribution in [1.82, 2.24) is 4.98 Å². The van der Waals surface area contributed by atoms with Gasteiger partial charge in [0.2, 0.25) is 0 Å². The van der Waals surface area contributed by atoms with Crippen molar-refractivity contribution < 1.29 is 19.1 Å². The van der Waals surface area contributed by atoms with E-state index in [0.717, 1.165) is 60.8 Å². The summed E-state index contributed by atoms with van der Waals surface area (Å²) >= 11 is 1.38. The fourth-order valence-corrected chi connectivity index (χ4v) is 8.34. The molecule has 3 aromatic carbocycles. The number of carbonyl (C=O) groups is 3. The van der Waals surface area contributed by atoms with E-state index in [-0.39, 0.29) is 23.1 Å². The Morgan fingerprint density at radius 2 is 1.65 bits per heavy atom. The topological polar surface area (TPSA) is 128 Å². The van der Waals surface area contributed by atoms with E-state index in [1.54, 1.807) is 71.8 Å². The number of ether oxygens (including phenoxy) is 1. The molecule has 3 aliphatic rings. The molecule has 0 aliphatic carbocycles. The molecule has 0 bridgehead atoms. The zero-order valence-corrected chi connectivity index (χ0v) is 28.5. The summed E-state index contributed by atoms with van der Waals surface area (Å²) in [6.45, 7) is 3.72. The van der Waals surface area contributed by atoms with Gasteiger partial charge in [-0.25, -0.2) is 4.98 Å². The van der Waals surface area contributed by atoms with E-state index in [1.807, 2.05) is 30.3 Å². The Hall–Kier alpha value is -5.83. The molecule has 2 aromatic heterocycles. The number of hydrogen-bond donors (Lipinski definition) is 2. The fraction of sp³-hybridized carbons (Fsp3) is 0.225. The van der Waals surface area contributed by atoms with Crippen LogP contribution in [0.1, 0.15) is 54.4 Å². The lowest BCUT2D eigenvalue weighted by Crippen LogP contribution is -2.59. The number of thiophene rings is 1. The predicted octanol–water partition coefficient (Wildman–Crippen LogP) is 7.01. The average Bonchev–Trinajstić information content (AvgIpc) is 3.52. The molecule has 3 aliphatic heterocycles. The first-order valence-electron chi connectivity index (χ1n) is 16.9. The minimum Gasteiger partial charge on any atom is -0.381 e. The van der Waals surface area contributed by atoms with Crippen molar-refractivity contribution in [2.24, 2.45) is 5.41 Å². The average molecular weight is 695 g/mol. The summed E-state index contributed by atoms with van der Waals surface area (Å²) < 4.78 is 5.55. The molecule has 2 N–H and O–H groups in total. The summed E-state index contributed by atoms with van der Waals surface area (Å²) in [6.07, 6.45) is 4.33. The Balaban J connectivity index is 0.967. The number of anilines is 4. The van der Waals surface area contributed by atoms with E-state index in [0.29, 0.717) is 51.7 Å². The quantitative estimate of drug-likeness (QED) is 0.196. The maximum atomic E-state index is 14.0. The molecule has 5 heterocycles. The third kappa shape index (κ3) is 6.24. The number of fused-ring (bicyclic) bond motifs is 3. The zero-order chi connectivity index (χ0) is 35.0. The van der Waals surface area contributed by atoms with Crippen molar-refractivity contribution >= 4 is 51.9 Å². The minimum absolute atomic E-state index is 0.157. The third-order valence-corrected chi connectivity index (χ3v) is 11.2. The monoisotopic (exact) mass is 694 g/mol. The number of carbonyl (C=O) groups excluding carboxylic acids is 3. The molecule has 10 nitrogen and oxygen atoms in total. The first-order chi connectivity index (χ1) is 24.9. The molecular formula is C40H34N6O4S. The SMILES string of the molecule is N#Cc1ccccc1NC(=O)c1cc2c(s1)-c1ccccc1N(C(=O)c1ccc(NC(=O)c3cccnc3N3CC4(CCOCC4)C3)cc1)CC2. The number of aromatic nitrogens is 1. The van der Waals surface area contributed by atoms with Crippen LogP contribution in [0.15, 0.2) is 97.2 Å². The van der Waals surface area contributed by atoms with Gasteiger partial charge in [-0.15, -0.1) is 11.3 Å². The number of hydrogen-bond acceptors (Lipinski definition) is 8. The van der Waals surface area contributed by atoms with Crippen LogP contribution in [0, 0.1) is 16.7 Å². The summed E-state index contributed by atoms with van der Waals surface area (Å²) in [4.78, 5) is 50.7. The van der Waals surface area contributed by atoms with Crippen LogP contribution >= 0.6 is 11.3 Å². The predicted molar refractivity (Wildman–Crippen MR) is 198 cm³/mol. The second kappa shape index (κ2) is 13.5. The number of pyridine rings is 1. The Morgan fingerprint density at radius 3 is 2.45 bits per heavy atom. The van der Waals surface area contributed by atoms with Crippen LogP contribution in [0.25, 0.3) is 10.4 Å². The van der Waals surface area contributed by atoms with Crippen LogP contribution in [0.4, 0.5) is 22.9 Å². The maximum Gasteiger partial charge on any atom is 0.265 e. The molecule has 8 rings (SSSR count). The van der Waals surface area contributed by atoms with Crippen molar-refractivity contribution in [3.8, 4) is 16.5 Å². The van der Waals surface area contributed by atoms with Gasteiger partial charge in [0.05, 0.1) is 27.4 Å². The lowest BCUT2D eigenvalue weighted by atomic mass is 9.73. The van der Waals surface area contributed by atoms with Gasteiger partial charge in [-0.3, -0.25) is 14.4 Å². The van der Waals surface area contributed by atoms with E-state index in [9.17, 15) is 19.6 Å². The summed E-state index contributed by atoms with van der Waals surface area (Å²) in [5.41, 5.74) is 5.32. The van der Waals surface area contributed by atoms with E-state index >= 15 is 0 Å². The zero-order valence-electron chi connectivity index (χ0n) is 27.7. The van der Waals surface area contributed by atoms with Crippen LogP contribution in [0.5, 0.6) is 0 Å². The van der Waals surface area contributed by atoms with E-state index in [4.69, 9.17) is 4.74 Å². The van der Waals surface area contributed by atoms with Crippen molar-refractivity contribution in [2.45, 2.75) is 19.3 Å². The largest absolute Gasteiger partial charge is 0.381 e. The normalized spacial score (nSPS) is 15.8. The van der Waals surface area contributed by atoms with Crippen molar-refractivity contribution in [3.63, 3.8) is 0 Å². The van der Waals surface area contributed by atoms with E-state index < -0.39 is 0 Å². The molecule has 254 valence electrons. The molecule has 3 amide bonds. The highest BCUT2D eigenvalue weighted by atomic mass is 32.1. The molecule has 51 heavy (non-hydrogen) atoms. The van der Waals surface area contributed by atoms with E-state index in [1.165, 1.54) is 11.3 Å². The Morgan fingerprint density at radius 1 is 0.882 bits per heavy atom. The Labute approximate surface area is 299 Å². The second-order valence-electron chi connectivity index (χ2n) is 13.2. The molecule has 2 saturated heterocycles. The molecule has 5 aromatic rings. The third-order valence-electron chi connectivity index (χ3n) is 9.94. The number of amides is 3. The molecule has 2 fully saturated rings. The van der Waals surface area contributed by atoms with Crippen LogP contribution in [0.3, 0.4) is 0 Å². The van der Waals surface area contributed by atoms with Crippen LogP contribution in [-0.2, 0) is 11.2 Å². The highest BCUT2D eigenvalue weighted by Crippen LogP contribution is 2.43. The number of nitriles is 1. The molecule has 0 unspecified atom stereocenters. The van der Waals surface area contributed by atoms with Crippen LogP contribution in [0.2, 0.25) is 0 Å². The summed E-state index contributed by atoms with van der Waals surface area (Å²) in [5.74, 6) is -0.00248. The van der Waals surface area contributed by atoms with Gasteiger partial charge in [-0.2, -0.15) is 5.26 Å². The molecule has 0 atom stereocenters. The Kier molecular flexibility index (Phi) is 8.55. The van der Waals surface area contributed by atoms with Gasteiger partial charge in [0, 0.05) is 66.2 Å². The molecular weight excluding hydrogens is 661 g/mol. The van der Waals surface area contributed by atoms with Gasteiger partial charge < -0.3 is 25.2 Å². The van der Waals surface area contributed by atoms with Crippen molar-refractivity contribution in [1.29, 1.82) is 5.26 Å². The summed E-state index contributed by atoms with van der Waals surface area (Å²) in [6, 6.07) is 29.2. The fourth-order valence-electron chi connectivity index (χ4n) is 7.20. The van der Waals surface area contributed by atoms with Gasteiger partial charge >= 0.3 is 0 Å². The standard InChI is InChI=1S/C40H34N6O4S/c41-23-28-6-1-3-9-32(28)44-38(48)34-22-27-15-19-46(33-10-4-2-7-30(33)35(27)51-34)39(49)26-11-13-29(14-12-26)43-37(47)31-8-5-18-42-36(31)45-24-40(25-45)16-20-50-21-17-40/h1-14,18,22H,15-17,19-21,24-25H2,(H,43,47)(H,44,48). The Bertz CT molecular complexity index is 2190. The summed E-state index contributed by atoms with van der Waals surface area (Å²) in [5, 5.41) is 15.3. The first kappa shape index (κ1) is 32.4. The maximum absolute atomic E-state index is 14.0. The van der Waals surface area contributed by atoms with Crippen molar-refractivity contribution in [2.75, 3.05) is 53.3 Å². The lowest BCUT2D eigenvalue weighted by Gasteiger charge is -2.53. The first-order valence-corrected chi connectivity index (χ1v) is 17.8. The van der Waals surface area contributed by atoms with Gasteiger partial charge in [-0.05, 0) is 85.5 Å². The van der Waals surface area contributed by atoms with Crippen LogP contribution < -0.4 is 20.4 Å². The van der Waals surface area contributed by atoms with Gasteiger partial charge in [0.15, 0.2) is 0 Å². The van der Waals surface area contributed by atoms with E-state index in [2.05, 4.69) is 26.6 Å². The molecule has 1 spiro atoms. The highest BCUT2D eigenvalue weighted by molar-refractivity contribution is 7.17. The molecule has 0 radical (unpaired) electrons. The van der Waals surface area contributed by atoms with Crippen LogP contribution in [-0.4, -0.2) is 55.6 Å². The number of nitrogens with one attached hydrogen (secondary N) is 2. The minimum atomic E-state index is -0.281. The molecule has 0 saturated carbocycles.